The van der Waals surface area contributed by atoms with E-state index in [4.69, 9.17) is 0 Å². The van der Waals surface area contributed by atoms with Crippen LogP contribution in [0.15, 0.2) is 42.5 Å². The predicted octanol–water partition coefficient (Wildman–Crippen LogP) is 3.46. The molecule has 2 aromatic rings. The van der Waals surface area contributed by atoms with Gasteiger partial charge in [-0.2, -0.15) is 0 Å². The Morgan fingerprint density at radius 2 is 1.81 bits per heavy atom. The number of hydrogen-bond acceptors (Lipinski definition) is 3. The Morgan fingerprint density at radius 1 is 1.08 bits per heavy atom. The van der Waals surface area contributed by atoms with Crippen molar-refractivity contribution in [1.29, 1.82) is 0 Å². The van der Waals surface area contributed by atoms with Crippen molar-refractivity contribution in [2.24, 2.45) is 0 Å². The van der Waals surface area contributed by atoms with E-state index >= 15 is 0 Å². The Hall–Kier alpha value is -2.40. The highest BCUT2D eigenvalue weighted by Gasteiger charge is 2.21. The first kappa shape index (κ1) is 18.4. The van der Waals surface area contributed by atoms with E-state index in [2.05, 4.69) is 23.2 Å². The number of rotatable bonds is 5. The molecule has 1 amide bonds. The molecular formula is C21H26FN3O. The van der Waals surface area contributed by atoms with E-state index in [1.165, 1.54) is 6.07 Å². The third kappa shape index (κ3) is 4.22. The molecule has 1 fully saturated rings. The third-order valence-corrected chi connectivity index (χ3v) is 4.94. The summed E-state index contributed by atoms with van der Waals surface area (Å²) in [5, 5.41) is 3.07. The topological polar surface area (TPSA) is 35.6 Å². The first-order valence-corrected chi connectivity index (χ1v) is 9.18. The first-order chi connectivity index (χ1) is 12.6. The average molecular weight is 355 g/mol. The molecule has 0 atom stereocenters. The van der Waals surface area contributed by atoms with Crippen LogP contribution in [0.25, 0.3) is 0 Å². The Kier molecular flexibility index (Phi) is 5.89. The van der Waals surface area contributed by atoms with Gasteiger partial charge in [-0.1, -0.05) is 37.3 Å². The van der Waals surface area contributed by atoms with Crippen LogP contribution in [-0.4, -0.2) is 43.5 Å². The maximum Gasteiger partial charge on any atom is 0.238 e. The molecule has 1 aliphatic rings. The molecule has 3 rings (SSSR count). The summed E-state index contributed by atoms with van der Waals surface area (Å²) in [7, 11) is 0. The van der Waals surface area contributed by atoms with E-state index in [1.54, 1.807) is 6.07 Å². The van der Waals surface area contributed by atoms with Crippen LogP contribution in [0, 0.1) is 12.7 Å². The van der Waals surface area contributed by atoms with Crippen LogP contribution in [0.2, 0.25) is 0 Å². The average Bonchev–Trinajstić information content (AvgIpc) is 2.64. The molecule has 0 aliphatic carbocycles. The highest BCUT2D eigenvalue weighted by Crippen LogP contribution is 2.22. The first-order valence-electron chi connectivity index (χ1n) is 9.18. The standard InChI is InChI=1S/C21H26FN3O/c1-3-17-8-6-7-16(2)21(17)23-20(26)15-24-11-13-25(14-12-24)19-10-5-4-9-18(19)22/h4-10H,3,11-15H2,1-2H3,(H,23,26). The number of piperazine rings is 1. The van der Waals surface area contributed by atoms with Crippen LogP contribution in [0.1, 0.15) is 18.1 Å². The molecule has 0 saturated carbocycles. The monoisotopic (exact) mass is 355 g/mol. The fourth-order valence-corrected chi connectivity index (χ4v) is 3.44. The van der Waals surface area contributed by atoms with E-state index in [0.29, 0.717) is 12.2 Å². The fourth-order valence-electron chi connectivity index (χ4n) is 3.44. The predicted molar refractivity (Wildman–Crippen MR) is 104 cm³/mol. The lowest BCUT2D eigenvalue weighted by molar-refractivity contribution is -0.117. The van der Waals surface area contributed by atoms with Crippen LogP contribution in [0.4, 0.5) is 15.8 Å². The SMILES string of the molecule is CCc1cccc(C)c1NC(=O)CN1CCN(c2ccccc2F)CC1. The molecule has 0 radical (unpaired) electrons. The summed E-state index contributed by atoms with van der Waals surface area (Å²) in [4.78, 5) is 16.6. The second kappa shape index (κ2) is 8.32. The van der Waals surface area contributed by atoms with Crippen LogP contribution in [0.5, 0.6) is 0 Å². The van der Waals surface area contributed by atoms with Crippen molar-refractivity contribution in [3.8, 4) is 0 Å². The molecular weight excluding hydrogens is 329 g/mol. The Balaban J connectivity index is 1.55. The maximum atomic E-state index is 13.9. The number of benzene rings is 2. The number of amides is 1. The van der Waals surface area contributed by atoms with Gasteiger partial charge in [-0.3, -0.25) is 9.69 Å². The number of anilines is 2. The number of hydrogen-bond donors (Lipinski definition) is 1. The lowest BCUT2D eigenvalue weighted by atomic mass is 10.1. The summed E-state index contributed by atoms with van der Waals surface area (Å²) in [5.74, 6) is -0.182. The summed E-state index contributed by atoms with van der Waals surface area (Å²) >= 11 is 0. The quantitative estimate of drug-likeness (QED) is 0.892. The number of para-hydroxylation sites is 2. The molecule has 1 aliphatic heterocycles. The van der Waals surface area contributed by atoms with Gasteiger partial charge in [0, 0.05) is 31.9 Å². The minimum Gasteiger partial charge on any atom is -0.367 e. The van der Waals surface area contributed by atoms with Gasteiger partial charge in [0.15, 0.2) is 0 Å². The van der Waals surface area contributed by atoms with Crippen molar-refractivity contribution in [2.75, 3.05) is 42.9 Å². The molecule has 0 unspecified atom stereocenters. The highest BCUT2D eigenvalue weighted by molar-refractivity contribution is 5.93. The summed E-state index contributed by atoms with van der Waals surface area (Å²) in [6, 6.07) is 12.9. The van der Waals surface area contributed by atoms with Crippen LogP contribution in [0.3, 0.4) is 0 Å². The Morgan fingerprint density at radius 3 is 2.50 bits per heavy atom. The molecule has 138 valence electrons. The van der Waals surface area contributed by atoms with Crippen molar-refractivity contribution in [1.82, 2.24) is 4.90 Å². The second-order valence-electron chi connectivity index (χ2n) is 6.73. The third-order valence-electron chi connectivity index (χ3n) is 4.94. The minimum atomic E-state index is -0.189. The van der Waals surface area contributed by atoms with E-state index in [-0.39, 0.29) is 11.7 Å². The van der Waals surface area contributed by atoms with Gasteiger partial charge in [-0.15, -0.1) is 0 Å². The highest BCUT2D eigenvalue weighted by atomic mass is 19.1. The summed E-state index contributed by atoms with van der Waals surface area (Å²) in [6.45, 7) is 7.40. The molecule has 5 heteroatoms. The van der Waals surface area contributed by atoms with Gasteiger partial charge in [0.2, 0.25) is 5.91 Å². The number of carbonyl (C=O) groups is 1. The van der Waals surface area contributed by atoms with E-state index < -0.39 is 0 Å². The van der Waals surface area contributed by atoms with Crippen LogP contribution in [-0.2, 0) is 11.2 Å². The molecule has 1 heterocycles. The van der Waals surface area contributed by atoms with E-state index in [9.17, 15) is 9.18 Å². The molecule has 1 N–H and O–H groups in total. The Bertz CT molecular complexity index is 770. The molecule has 1 saturated heterocycles. The molecule has 0 bridgehead atoms. The van der Waals surface area contributed by atoms with E-state index in [1.807, 2.05) is 36.1 Å². The lowest BCUT2D eigenvalue weighted by Gasteiger charge is -2.35. The molecule has 26 heavy (non-hydrogen) atoms. The van der Waals surface area contributed by atoms with E-state index in [0.717, 1.165) is 49.4 Å². The van der Waals surface area contributed by atoms with Gasteiger partial charge in [-0.25, -0.2) is 4.39 Å². The summed E-state index contributed by atoms with van der Waals surface area (Å²) < 4.78 is 13.9. The fraction of sp³-hybridized carbons (Fsp3) is 0.381. The largest absolute Gasteiger partial charge is 0.367 e. The summed E-state index contributed by atoms with van der Waals surface area (Å²) in [5.41, 5.74) is 3.82. The van der Waals surface area contributed by atoms with Gasteiger partial charge in [0.05, 0.1) is 12.2 Å². The zero-order chi connectivity index (χ0) is 18.5. The Labute approximate surface area is 154 Å². The number of carbonyl (C=O) groups excluding carboxylic acids is 1. The van der Waals surface area contributed by atoms with Gasteiger partial charge in [0.25, 0.3) is 0 Å². The number of nitrogens with zero attached hydrogens (tertiary/aromatic N) is 2. The molecule has 2 aromatic carbocycles. The zero-order valence-corrected chi connectivity index (χ0v) is 15.5. The minimum absolute atomic E-state index is 0.00772. The molecule has 4 nitrogen and oxygen atoms in total. The number of nitrogens with one attached hydrogen (secondary N) is 1. The van der Waals surface area contributed by atoms with Crippen LogP contribution < -0.4 is 10.2 Å². The second-order valence-corrected chi connectivity index (χ2v) is 6.73. The van der Waals surface area contributed by atoms with Gasteiger partial charge < -0.3 is 10.2 Å². The van der Waals surface area contributed by atoms with Crippen molar-refractivity contribution in [2.45, 2.75) is 20.3 Å². The molecule has 0 aromatic heterocycles. The normalized spacial score (nSPS) is 15.1. The number of aryl methyl sites for hydroxylation is 2. The zero-order valence-electron chi connectivity index (χ0n) is 15.5. The molecule has 0 spiro atoms. The van der Waals surface area contributed by atoms with Gasteiger partial charge in [0.1, 0.15) is 5.82 Å². The van der Waals surface area contributed by atoms with Gasteiger partial charge in [-0.05, 0) is 36.6 Å². The van der Waals surface area contributed by atoms with Crippen molar-refractivity contribution in [3.05, 3.63) is 59.4 Å². The van der Waals surface area contributed by atoms with Crippen molar-refractivity contribution >= 4 is 17.3 Å². The van der Waals surface area contributed by atoms with Crippen LogP contribution >= 0.6 is 0 Å². The van der Waals surface area contributed by atoms with Crippen molar-refractivity contribution < 1.29 is 9.18 Å². The maximum absolute atomic E-state index is 13.9. The van der Waals surface area contributed by atoms with Crippen molar-refractivity contribution in [3.63, 3.8) is 0 Å². The number of halogens is 1. The van der Waals surface area contributed by atoms with Gasteiger partial charge >= 0.3 is 0 Å². The summed E-state index contributed by atoms with van der Waals surface area (Å²) in [6.07, 6.45) is 0.888. The smallest absolute Gasteiger partial charge is 0.238 e. The lowest BCUT2D eigenvalue weighted by Crippen LogP contribution is -2.49.